The summed E-state index contributed by atoms with van der Waals surface area (Å²) in [6, 6.07) is 11.4. The lowest BCUT2D eigenvalue weighted by molar-refractivity contribution is 0.602. The van der Waals surface area contributed by atoms with Crippen molar-refractivity contribution in [2.45, 2.75) is 24.7 Å². The van der Waals surface area contributed by atoms with E-state index < -0.39 is 9.84 Å². The Morgan fingerprint density at radius 3 is 2.05 bits per heavy atom. The van der Waals surface area contributed by atoms with Crippen molar-refractivity contribution in [2.75, 3.05) is 6.26 Å². The molecule has 0 saturated carbocycles. The molecule has 0 spiro atoms. The Kier molecular flexibility index (Phi) is 3.95. The molecular formula is C16H17FO2S. The van der Waals surface area contributed by atoms with Crippen LogP contribution in [0.5, 0.6) is 0 Å². The van der Waals surface area contributed by atoms with Gasteiger partial charge in [-0.15, -0.1) is 0 Å². The SMILES string of the molecule is CC(C)c1cc(F)cc(-c2ccc(S(C)(=O)=O)cc2)c1. The van der Waals surface area contributed by atoms with E-state index in [-0.39, 0.29) is 16.6 Å². The molecule has 0 amide bonds. The van der Waals surface area contributed by atoms with Crippen molar-refractivity contribution in [3.05, 3.63) is 53.8 Å². The molecule has 0 fully saturated rings. The molecule has 0 bridgehead atoms. The summed E-state index contributed by atoms with van der Waals surface area (Å²) in [5.41, 5.74) is 2.49. The van der Waals surface area contributed by atoms with Crippen LogP contribution in [-0.2, 0) is 9.84 Å². The van der Waals surface area contributed by atoms with E-state index in [0.717, 1.165) is 16.7 Å². The summed E-state index contributed by atoms with van der Waals surface area (Å²) in [4.78, 5) is 0.265. The van der Waals surface area contributed by atoms with Crippen LogP contribution in [0, 0.1) is 5.82 Å². The summed E-state index contributed by atoms with van der Waals surface area (Å²) in [6.45, 7) is 4.01. The van der Waals surface area contributed by atoms with Crippen LogP contribution in [0.3, 0.4) is 0 Å². The second-order valence-electron chi connectivity index (χ2n) is 5.22. The van der Waals surface area contributed by atoms with Gasteiger partial charge in [-0.2, -0.15) is 0 Å². The summed E-state index contributed by atoms with van der Waals surface area (Å²) in [7, 11) is -3.21. The topological polar surface area (TPSA) is 34.1 Å². The molecule has 0 radical (unpaired) electrons. The van der Waals surface area contributed by atoms with Crippen molar-refractivity contribution >= 4 is 9.84 Å². The molecule has 0 aliphatic carbocycles. The standard InChI is InChI=1S/C16H17FO2S/c1-11(2)13-8-14(10-15(17)9-13)12-4-6-16(7-5-12)20(3,18)19/h4-11H,1-3H3. The lowest BCUT2D eigenvalue weighted by Gasteiger charge is -2.09. The summed E-state index contributed by atoms with van der Waals surface area (Å²) < 4.78 is 36.5. The third kappa shape index (κ3) is 3.25. The number of hydrogen-bond donors (Lipinski definition) is 0. The number of halogens is 1. The van der Waals surface area contributed by atoms with Gasteiger partial charge >= 0.3 is 0 Å². The highest BCUT2D eigenvalue weighted by Crippen LogP contribution is 2.26. The maximum Gasteiger partial charge on any atom is 0.175 e. The predicted molar refractivity (Wildman–Crippen MR) is 79.0 cm³/mol. The van der Waals surface area contributed by atoms with Gasteiger partial charge in [0.15, 0.2) is 9.84 Å². The first-order chi connectivity index (χ1) is 9.27. The van der Waals surface area contributed by atoms with Crippen molar-refractivity contribution in [2.24, 2.45) is 0 Å². The Balaban J connectivity index is 2.47. The van der Waals surface area contributed by atoms with Gasteiger partial charge in [-0.3, -0.25) is 0 Å². The second kappa shape index (κ2) is 5.37. The minimum Gasteiger partial charge on any atom is -0.224 e. The minimum absolute atomic E-state index is 0.236. The monoisotopic (exact) mass is 292 g/mol. The Bertz CT molecular complexity index is 717. The van der Waals surface area contributed by atoms with Gasteiger partial charge in [0.1, 0.15) is 5.82 Å². The van der Waals surface area contributed by atoms with Crippen LogP contribution in [-0.4, -0.2) is 14.7 Å². The van der Waals surface area contributed by atoms with E-state index in [9.17, 15) is 12.8 Å². The second-order valence-corrected chi connectivity index (χ2v) is 7.24. The molecule has 106 valence electrons. The average molecular weight is 292 g/mol. The quantitative estimate of drug-likeness (QED) is 0.856. The van der Waals surface area contributed by atoms with Crippen LogP contribution in [0.1, 0.15) is 25.3 Å². The fourth-order valence-electron chi connectivity index (χ4n) is 2.01. The highest BCUT2D eigenvalue weighted by molar-refractivity contribution is 7.90. The molecule has 0 unspecified atom stereocenters. The van der Waals surface area contributed by atoms with E-state index in [0.29, 0.717) is 0 Å². The van der Waals surface area contributed by atoms with E-state index in [1.807, 2.05) is 19.9 Å². The summed E-state index contributed by atoms with van der Waals surface area (Å²) in [5, 5.41) is 0. The lowest BCUT2D eigenvalue weighted by Crippen LogP contribution is -1.96. The van der Waals surface area contributed by atoms with Crippen LogP contribution < -0.4 is 0 Å². The van der Waals surface area contributed by atoms with E-state index in [1.165, 1.54) is 18.4 Å². The van der Waals surface area contributed by atoms with Gasteiger partial charge in [0.05, 0.1) is 4.90 Å². The van der Waals surface area contributed by atoms with E-state index in [1.54, 1.807) is 24.3 Å². The van der Waals surface area contributed by atoms with Gasteiger partial charge in [0.25, 0.3) is 0 Å². The maximum absolute atomic E-state index is 13.6. The third-order valence-corrected chi connectivity index (χ3v) is 4.33. The van der Waals surface area contributed by atoms with Crippen molar-refractivity contribution in [1.29, 1.82) is 0 Å². The third-order valence-electron chi connectivity index (χ3n) is 3.20. The molecule has 2 aromatic rings. The highest BCUT2D eigenvalue weighted by Gasteiger charge is 2.09. The normalized spacial score (nSPS) is 11.8. The van der Waals surface area contributed by atoms with Crippen molar-refractivity contribution in [3.8, 4) is 11.1 Å². The van der Waals surface area contributed by atoms with Gasteiger partial charge in [-0.25, -0.2) is 12.8 Å². The molecule has 4 heteroatoms. The molecule has 0 saturated heterocycles. The van der Waals surface area contributed by atoms with Gasteiger partial charge in [-0.1, -0.05) is 32.0 Å². The maximum atomic E-state index is 13.6. The zero-order valence-corrected chi connectivity index (χ0v) is 12.5. The summed E-state index contributed by atoms with van der Waals surface area (Å²) in [6.07, 6.45) is 1.17. The summed E-state index contributed by atoms with van der Waals surface area (Å²) in [5.74, 6) is -0.0434. The van der Waals surface area contributed by atoms with Gasteiger partial charge in [0.2, 0.25) is 0 Å². The van der Waals surface area contributed by atoms with Gasteiger partial charge in [0, 0.05) is 6.26 Å². The van der Waals surface area contributed by atoms with Crippen molar-refractivity contribution < 1.29 is 12.8 Å². The minimum atomic E-state index is -3.21. The first kappa shape index (κ1) is 14.7. The zero-order chi connectivity index (χ0) is 14.9. The number of benzene rings is 2. The van der Waals surface area contributed by atoms with Crippen LogP contribution in [0.15, 0.2) is 47.4 Å². The molecule has 0 aromatic heterocycles. The lowest BCUT2D eigenvalue weighted by atomic mass is 9.97. The van der Waals surface area contributed by atoms with Gasteiger partial charge < -0.3 is 0 Å². The molecule has 2 rings (SSSR count). The Morgan fingerprint density at radius 2 is 1.55 bits per heavy atom. The van der Waals surface area contributed by atoms with Crippen molar-refractivity contribution in [1.82, 2.24) is 0 Å². The molecule has 0 heterocycles. The number of sulfone groups is 1. The first-order valence-corrected chi connectivity index (χ1v) is 8.27. The zero-order valence-electron chi connectivity index (χ0n) is 11.7. The Morgan fingerprint density at radius 1 is 0.950 bits per heavy atom. The van der Waals surface area contributed by atoms with E-state index >= 15 is 0 Å². The fourth-order valence-corrected chi connectivity index (χ4v) is 2.64. The Labute approximate surface area is 119 Å². The highest BCUT2D eigenvalue weighted by atomic mass is 32.2. The fraction of sp³-hybridized carbons (Fsp3) is 0.250. The molecule has 0 aliphatic rings. The number of hydrogen-bond acceptors (Lipinski definition) is 2. The van der Waals surface area contributed by atoms with Crippen molar-refractivity contribution in [3.63, 3.8) is 0 Å². The van der Waals surface area contributed by atoms with E-state index in [4.69, 9.17) is 0 Å². The Hall–Kier alpha value is -1.68. The first-order valence-electron chi connectivity index (χ1n) is 6.38. The van der Waals surface area contributed by atoms with Crippen LogP contribution in [0.25, 0.3) is 11.1 Å². The predicted octanol–water partition coefficient (Wildman–Crippen LogP) is 4.02. The van der Waals surface area contributed by atoms with Crippen LogP contribution in [0.2, 0.25) is 0 Å². The molecule has 0 aliphatic heterocycles. The number of rotatable bonds is 3. The smallest absolute Gasteiger partial charge is 0.175 e. The van der Waals surface area contributed by atoms with E-state index in [2.05, 4.69) is 0 Å². The average Bonchev–Trinajstić information content (AvgIpc) is 2.37. The van der Waals surface area contributed by atoms with Gasteiger partial charge in [-0.05, 0) is 46.9 Å². The molecule has 2 nitrogen and oxygen atoms in total. The molecule has 2 aromatic carbocycles. The summed E-state index contributed by atoms with van der Waals surface area (Å²) >= 11 is 0. The van der Waals surface area contributed by atoms with Crippen LogP contribution in [0.4, 0.5) is 4.39 Å². The molecule has 0 N–H and O–H groups in total. The molecule has 20 heavy (non-hydrogen) atoms. The molecule has 0 atom stereocenters. The largest absolute Gasteiger partial charge is 0.224 e. The van der Waals surface area contributed by atoms with Crippen LogP contribution >= 0.6 is 0 Å². The molecular weight excluding hydrogens is 275 g/mol.